The van der Waals surface area contributed by atoms with E-state index in [1.165, 1.54) is 0 Å². The number of fused-ring (bicyclic) bond motifs is 4. The van der Waals surface area contributed by atoms with Gasteiger partial charge in [-0.3, -0.25) is 0 Å². The number of hydrogen-bond donors (Lipinski definition) is 0. The Hall–Kier alpha value is -6.39. The van der Waals surface area contributed by atoms with Gasteiger partial charge in [0.15, 0.2) is 17.5 Å². The largest absolute Gasteiger partial charge is 0.456 e. The molecule has 2 heterocycles. The van der Waals surface area contributed by atoms with Crippen LogP contribution in [0, 0.1) is 0 Å². The van der Waals surface area contributed by atoms with Crippen LogP contribution in [0.4, 0.5) is 0 Å². The third-order valence-corrected chi connectivity index (χ3v) is 8.39. The normalized spacial score (nSPS) is 12.9. The van der Waals surface area contributed by atoms with Gasteiger partial charge in [-0.2, -0.15) is 0 Å². The summed E-state index contributed by atoms with van der Waals surface area (Å²) in [5.74, 6) is 1.59. The first-order chi connectivity index (χ1) is 25.3. The number of nitrogens with zero attached hydrogens (tertiary/aromatic N) is 3. The molecule has 0 spiro atoms. The fourth-order valence-electron chi connectivity index (χ4n) is 6.13. The Bertz CT molecular complexity index is 2840. The maximum absolute atomic E-state index is 8.43. The Morgan fingerprint density at radius 2 is 1.02 bits per heavy atom. The Kier molecular flexibility index (Phi) is 5.28. The second-order valence-corrected chi connectivity index (χ2v) is 11.3. The molecule has 0 bridgehead atoms. The summed E-state index contributed by atoms with van der Waals surface area (Å²) in [5, 5.41) is 3.85. The van der Waals surface area contributed by atoms with Gasteiger partial charge in [0.2, 0.25) is 0 Å². The molecular formula is C43H27N3O. The highest BCUT2D eigenvalue weighted by molar-refractivity contribution is 6.12. The van der Waals surface area contributed by atoms with Crippen LogP contribution >= 0.6 is 0 Å². The number of aromatic nitrogens is 3. The average Bonchev–Trinajstić information content (AvgIpc) is 3.58. The van der Waals surface area contributed by atoms with Crippen molar-refractivity contribution < 1.29 is 11.3 Å². The number of benzene rings is 7. The third-order valence-electron chi connectivity index (χ3n) is 8.39. The van der Waals surface area contributed by atoms with E-state index in [-0.39, 0.29) is 29.7 Å². The first kappa shape index (κ1) is 22.2. The minimum absolute atomic E-state index is 0.172. The first-order valence-electron chi connectivity index (χ1n) is 17.8. The predicted octanol–water partition coefficient (Wildman–Crippen LogP) is 11.3. The van der Waals surface area contributed by atoms with E-state index in [0.29, 0.717) is 23.0 Å². The maximum Gasteiger partial charge on any atom is 0.164 e. The summed E-state index contributed by atoms with van der Waals surface area (Å²) in [6.07, 6.45) is 0. The summed E-state index contributed by atoms with van der Waals surface area (Å²) in [6, 6.07) is 42.0. The van der Waals surface area contributed by atoms with E-state index >= 15 is 0 Å². The van der Waals surface area contributed by atoms with Crippen LogP contribution in [0.25, 0.3) is 89.1 Å². The topological polar surface area (TPSA) is 51.8 Å². The Labute approximate surface area is 278 Å². The quantitative estimate of drug-likeness (QED) is 0.196. The van der Waals surface area contributed by atoms with Crippen LogP contribution in [0.3, 0.4) is 0 Å². The van der Waals surface area contributed by atoms with Gasteiger partial charge in [-0.05, 0) is 63.4 Å². The zero-order valence-corrected chi connectivity index (χ0v) is 25.0. The lowest BCUT2D eigenvalue weighted by molar-refractivity contribution is 0.669. The zero-order valence-electron chi connectivity index (χ0n) is 30.0. The van der Waals surface area contributed by atoms with Crippen LogP contribution in [0.2, 0.25) is 0 Å². The molecule has 0 amide bonds. The average molecular weight is 607 g/mol. The predicted molar refractivity (Wildman–Crippen MR) is 192 cm³/mol. The van der Waals surface area contributed by atoms with Crippen LogP contribution in [0.15, 0.2) is 168 Å². The van der Waals surface area contributed by atoms with E-state index < -0.39 is 6.04 Å². The van der Waals surface area contributed by atoms with Crippen LogP contribution in [0.1, 0.15) is 6.85 Å². The molecule has 0 aliphatic heterocycles. The number of furan rings is 1. The molecule has 0 fully saturated rings. The van der Waals surface area contributed by atoms with Gasteiger partial charge >= 0.3 is 0 Å². The van der Waals surface area contributed by atoms with Gasteiger partial charge < -0.3 is 4.42 Å². The molecule has 4 nitrogen and oxygen atoms in total. The fraction of sp³-hybridized carbons (Fsp3) is 0. The van der Waals surface area contributed by atoms with Crippen molar-refractivity contribution in [2.75, 3.05) is 0 Å². The van der Waals surface area contributed by atoms with Crippen molar-refractivity contribution in [1.29, 1.82) is 0 Å². The summed E-state index contributed by atoms with van der Waals surface area (Å²) in [5.41, 5.74) is 6.95. The molecule has 0 radical (unpaired) electrons. The molecule has 9 rings (SSSR count). The third kappa shape index (κ3) is 4.93. The van der Waals surface area contributed by atoms with Gasteiger partial charge in [0, 0.05) is 27.5 Å². The molecule has 220 valence electrons. The molecule has 4 heteroatoms. The molecular weight excluding hydrogens is 574 g/mol. The van der Waals surface area contributed by atoms with Gasteiger partial charge in [0.05, 0.1) is 6.85 Å². The molecule has 0 aliphatic carbocycles. The monoisotopic (exact) mass is 606 g/mol. The summed E-state index contributed by atoms with van der Waals surface area (Å²) >= 11 is 0. The van der Waals surface area contributed by atoms with Crippen molar-refractivity contribution >= 4 is 32.7 Å². The molecule has 2 aromatic heterocycles. The van der Waals surface area contributed by atoms with E-state index in [1.54, 1.807) is 6.07 Å². The van der Waals surface area contributed by atoms with E-state index in [2.05, 4.69) is 24.3 Å². The SMILES string of the molecule is [2H]c1c([2H])c([2H])c(-c2ccc3cc(-c4nc(-c5ccccc5)nc(-c5cccc(-c6cccc7oc8ccccc8c67)c5)n4)ccc3c2)c([2H])c1[2H]. The zero-order chi connectivity index (χ0) is 35.5. The first-order valence-corrected chi connectivity index (χ1v) is 15.3. The van der Waals surface area contributed by atoms with Gasteiger partial charge in [0.25, 0.3) is 0 Å². The Balaban J connectivity index is 1.16. The molecule has 9 aromatic rings. The number of rotatable bonds is 5. The summed E-state index contributed by atoms with van der Waals surface area (Å²) in [7, 11) is 0. The molecule has 0 saturated heterocycles. The number of para-hydroxylation sites is 1. The van der Waals surface area contributed by atoms with E-state index in [0.717, 1.165) is 60.5 Å². The van der Waals surface area contributed by atoms with Crippen LogP contribution in [0.5, 0.6) is 0 Å². The van der Waals surface area contributed by atoms with Crippen molar-refractivity contribution in [3.05, 3.63) is 164 Å². The standard InChI is InChI=1S/C43H27N3O/c1-3-11-28(12-4-1)30-21-22-32-26-35(24-23-31(32)25-30)43-45-41(29-13-5-2-6-14-29)44-42(46-43)34-16-9-15-33(27-34)36-18-10-20-39-40(36)37-17-7-8-19-38(37)47-39/h1-27H/i1D,3D,4D,11D,12D. The van der Waals surface area contributed by atoms with E-state index in [9.17, 15) is 0 Å². The molecule has 7 aromatic carbocycles. The van der Waals surface area contributed by atoms with Crippen molar-refractivity contribution in [3.8, 4) is 56.4 Å². The maximum atomic E-state index is 8.43. The molecule has 0 aliphatic rings. The molecule has 47 heavy (non-hydrogen) atoms. The second kappa shape index (κ2) is 11.2. The molecule has 0 atom stereocenters. The number of hydrogen-bond acceptors (Lipinski definition) is 4. The van der Waals surface area contributed by atoms with E-state index in [1.807, 2.05) is 103 Å². The Morgan fingerprint density at radius 1 is 0.426 bits per heavy atom. The highest BCUT2D eigenvalue weighted by atomic mass is 16.3. The lowest BCUT2D eigenvalue weighted by atomic mass is 9.97. The van der Waals surface area contributed by atoms with Gasteiger partial charge in [-0.15, -0.1) is 0 Å². The second-order valence-electron chi connectivity index (χ2n) is 11.3. The van der Waals surface area contributed by atoms with Crippen LogP contribution < -0.4 is 0 Å². The highest BCUT2D eigenvalue weighted by Gasteiger charge is 2.16. The summed E-state index contributed by atoms with van der Waals surface area (Å²) in [6.45, 7) is 0. The molecule has 0 saturated carbocycles. The summed E-state index contributed by atoms with van der Waals surface area (Å²) < 4.78 is 47.2. The molecule has 0 unspecified atom stereocenters. The summed E-state index contributed by atoms with van der Waals surface area (Å²) in [4.78, 5) is 14.9. The van der Waals surface area contributed by atoms with Crippen LogP contribution in [-0.4, -0.2) is 15.0 Å². The lowest BCUT2D eigenvalue weighted by Gasteiger charge is -2.11. The molecule has 0 N–H and O–H groups in total. The minimum Gasteiger partial charge on any atom is -0.456 e. The van der Waals surface area contributed by atoms with Gasteiger partial charge in [0.1, 0.15) is 11.2 Å². The van der Waals surface area contributed by atoms with Crippen molar-refractivity contribution in [2.24, 2.45) is 0 Å². The minimum atomic E-state index is -0.411. The van der Waals surface area contributed by atoms with Gasteiger partial charge in [-0.25, -0.2) is 15.0 Å². The lowest BCUT2D eigenvalue weighted by Crippen LogP contribution is -2.00. The van der Waals surface area contributed by atoms with Gasteiger partial charge in [-0.1, -0.05) is 133 Å². The Morgan fingerprint density at radius 3 is 1.83 bits per heavy atom. The van der Waals surface area contributed by atoms with Crippen LogP contribution in [-0.2, 0) is 0 Å². The van der Waals surface area contributed by atoms with E-state index in [4.69, 9.17) is 26.2 Å². The highest BCUT2D eigenvalue weighted by Crippen LogP contribution is 2.38. The van der Waals surface area contributed by atoms with Crippen molar-refractivity contribution in [3.63, 3.8) is 0 Å². The van der Waals surface area contributed by atoms with Crippen molar-refractivity contribution in [2.45, 2.75) is 0 Å². The smallest absolute Gasteiger partial charge is 0.164 e. The van der Waals surface area contributed by atoms with Crippen molar-refractivity contribution in [1.82, 2.24) is 15.0 Å². The fourth-order valence-corrected chi connectivity index (χ4v) is 6.13.